The number of nitrogens with zero attached hydrogens (tertiary/aromatic N) is 1. The first-order chi connectivity index (χ1) is 16.3. The number of benzene rings is 2. The van der Waals surface area contributed by atoms with E-state index in [1.807, 2.05) is 12.2 Å². The molecule has 3 heterocycles. The number of rotatable bonds is 6. The van der Waals surface area contributed by atoms with Crippen LogP contribution < -0.4 is 25.0 Å². The van der Waals surface area contributed by atoms with Crippen molar-refractivity contribution in [3.63, 3.8) is 0 Å². The summed E-state index contributed by atoms with van der Waals surface area (Å²) in [5, 5.41) is 5.62. The van der Waals surface area contributed by atoms with Gasteiger partial charge in [-0.2, -0.15) is 0 Å². The Kier molecular flexibility index (Phi) is 5.28. The molecular weight excluding hydrogens is 438 g/mol. The molecular formula is C25H25N3O6. The molecule has 176 valence electrons. The number of hydrogen-bond donors (Lipinski definition) is 2. The van der Waals surface area contributed by atoms with E-state index < -0.39 is 23.5 Å². The van der Waals surface area contributed by atoms with Crippen molar-refractivity contribution in [3.05, 3.63) is 54.6 Å². The lowest BCUT2D eigenvalue weighted by atomic mass is 9.77. The van der Waals surface area contributed by atoms with Gasteiger partial charge in [-0.3, -0.25) is 14.4 Å². The summed E-state index contributed by atoms with van der Waals surface area (Å²) in [5.41, 5.74) is 1.03. The highest BCUT2D eigenvalue weighted by Crippen LogP contribution is 2.53. The predicted octanol–water partition coefficient (Wildman–Crippen LogP) is 2.59. The van der Waals surface area contributed by atoms with Crippen LogP contribution in [0.25, 0.3) is 0 Å². The van der Waals surface area contributed by atoms with Crippen LogP contribution in [0.5, 0.6) is 11.5 Å². The van der Waals surface area contributed by atoms with Crippen molar-refractivity contribution >= 4 is 34.8 Å². The molecule has 3 aliphatic rings. The Bertz CT molecular complexity index is 1190. The van der Waals surface area contributed by atoms with Crippen LogP contribution in [-0.4, -0.2) is 50.2 Å². The minimum atomic E-state index is -0.836. The topological polar surface area (TPSA) is 106 Å². The van der Waals surface area contributed by atoms with E-state index in [9.17, 15) is 14.4 Å². The number of carbonyl (C=O) groups is 3. The lowest BCUT2D eigenvalue weighted by Crippen LogP contribution is -2.41. The molecule has 1 spiro atoms. The molecule has 0 radical (unpaired) electrons. The Balaban J connectivity index is 1.37. The van der Waals surface area contributed by atoms with Crippen molar-refractivity contribution in [1.29, 1.82) is 0 Å². The van der Waals surface area contributed by atoms with Crippen LogP contribution in [-0.2, 0) is 19.1 Å². The van der Waals surface area contributed by atoms with Gasteiger partial charge in [0, 0.05) is 30.1 Å². The fourth-order valence-electron chi connectivity index (χ4n) is 5.08. The van der Waals surface area contributed by atoms with Gasteiger partial charge in [-0.15, -0.1) is 0 Å². The van der Waals surface area contributed by atoms with E-state index in [0.29, 0.717) is 35.1 Å². The SMILES string of the molecule is COc1ccc(NC(=O)[C@@H]2[C@@H]3C=C[C@@]4(CN(c5ccc(NC(C)=O)cc5)C(=O)[C@H]24)O3)cc1OC. The normalized spacial score (nSPS) is 26.4. The van der Waals surface area contributed by atoms with Gasteiger partial charge in [0.15, 0.2) is 11.5 Å². The van der Waals surface area contributed by atoms with Crippen LogP contribution in [0.3, 0.4) is 0 Å². The summed E-state index contributed by atoms with van der Waals surface area (Å²) in [4.78, 5) is 39.8. The van der Waals surface area contributed by atoms with Gasteiger partial charge in [-0.05, 0) is 36.4 Å². The zero-order valence-electron chi connectivity index (χ0n) is 19.0. The highest BCUT2D eigenvalue weighted by atomic mass is 16.5. The van der Waals surface area contributed by atoms with E-state index in [-0.39, 0.29) is 17.7 Å². The number of hydrogen-bond acceptors (Lipinski definition) is 6. The van der Waals surface area contributed by atoms with Crippen LogP contribution >= 0.6 is 0 Å². The maximum absolute atomic E-state index is 13.5. The quantitative estimate of drug-likeness (QED) is 0.638. The summed E-state index contributed by atoms with van der Waals surface area (Å²) in [6.45, 7) is 1.76. The van der Waals surface area contributed by atoms with Crippen LogP contribution in [0.1, 0.15) is 6.92 Å². The van der Waals surface area contributed by atoms with Crippen molar-refractivity contribution in [2.24, 2.45) is 11.8 Å². The number of amides is 3. The van der Waals surface area contributed by atoms with Gasteiger partial charge in [0.1, 0.15) is 5.60 Å². The van der Waals surface area contributed by atoms with E-state index in [2.05, 4.69) is 10.6 Å². The number of methoxy groups -OCH3 is 2. The van der Waals surface area contributed by atoms with Crippen molar-refractivity contribution in [1.82, 2.24) is 0 Å². The molecule has 2 aromatic carbocycles. The van der Waals surface area contributed by atoms with E-state index in [4.69, 9.17) is 14.2 Å². The predicted molar refractivity (Wildman–Crippen MR) is 125 cm³/mol. The number of ether oxygens (including phenoxy) is 3. The second-order valence-electron chi connectivity index (χ2n) is 8.61. The Hall–Kier alpha value is -3.85. The maximum Gasteiger partial charge on any atom is 0.234 e. The highest BCUT2D eigenvalue weighted by molar-refractivity contribution is 6.05. The third-order valence-electron chi connectivity index (χ3n) is 6.55. The average molecular weight is 463 g/mol. The molecule has 0 saturated carbocycles. The van der Waals surface area contributed by atoms with Gasteiger partial charge >= 0.3 is 0 Å². The molecule has 9 nitrogen and oxygen atoms in total. The van der Waals surface area contributed by atoms with Crippen molar-refractivity contribution in [3.8, 4) is 11.5 Å². The van der Waals surface area contributed by atoms with Crippen molar-refractivity contribution < 1.29 is 28.6 Å². The van der Waals surface area contributed by atoms with E-state index in [1.54, 1.807) is 54.5 Å². The molecule has 2 aromatic rings. The van der Waals surface area contributed by atoms with Gasteiger partial charge in [-0.1, -0.05) is 12.2 Å². The summed E-state index contributed by atoms with van der Waals surface area (Å²) < 4.78 is 16.8. The molecule has 0 aliphatic carbocycles. The molecule has 2 saturated heterocycles. The molecule has 34 heavy (non-hydrogen) atoms. The van der Waals surface area contributed by atoms with Gasteiger partial charge < -0.3 is 29.7 Å². The lowest BCUT2D eigenvalue weighted by Gasteiger charge is -2.23. The number of anilines is 3. The molecule has 2 N–H and O–H groups in total. The maximum atomic E-state index is 13.5. The van der Waals surface area contributed by atoms with Crippen LogP contribution in [0, 0.1) is 11.8 Å². The first-order valence-corrected chi connectivity index (χ1v) is 10.9. The van der Waals surface area contributed by atoms with Gasteiger partial charge in [-0.25, -0.2) is 0 Å². The fourth-order valence-corrected chi connectivity index (χ4v) is 5.08. The fraction of sp³-hybridized carbons (Fsp3) is 0.320. The summed E-state index contributed by atoms with van der Waals surface area (Å²) in [7, 11) is 3.07. The van der Waals surface area contributed by atoms with E-state index >= 15 is 0 Å². The smallest absolute Gasteiger partial charge is 0.234 e. The highest BCUT2D eigenvalue weighted by Gasteiger charge is 2.67. The summed E-state index contributed by atoms with van der Waals surface area (Å²) in [5.74, 6) is -0.857. The zero-order valence-corrected chi connectivity index (χ0v) is 19.0. The number of carbonyl (C=O) groups excluding carboxylic acids is 3. The van der Waals surface area contributed by atoms with E-state index in [1.165, 1.54) is 14.0 Å². The number of fused-ring (bicyclic) bond motifs is 1. The average Bonchev–Trinajstić information content (AvgIpc) is 3.47. The second-order valence-corrected chi connectivity index (χ2v) is 8.61. The first kappa shape index (κ1) is 22.0. The molecule has 3 amide bonds. The Morgan fingerprint density at radius 3 is 2.41 bits per heavy atom. The lowest BCUT2D eigenvalue weighted by molar-refractivity contribution is -0.128. The van der Waals surface area contributed by atoms with Crippen LogP contribution in [0.2, 0.25) is 0 Å². The van der Waals surface area contributed by atoms with Crippen molar-refractivity contribution in [2.75, 3.05) is 36.3 Å². The summed E-state index contributed by atoms with van der Waals surface area (Å²) in [6, 6.07) is 12.1. The largest absolute Gasteiger partial charge is 0.493 e. The molecule has 0 unspecified atom stereocenters. The molecule has 0 aromatic heterocycles. The zero-order chi connectivity index (χ0) is 24.0. The molecule has 2 fully saturated rings. The molecule has 3 aliphatic heterocycles. The van der Waals surface area contributed by atoms with Crippen molar-refractivity contribution in [2.45, 2.75) is 18.6 Å². The Labute approximate surface area is 196 Å². The summed E-state index contributed by atoms with van der Waals surface area (Å²) >= 11 is 0. The number of nitrogens with one attached hydrogen (secondary N) is 2. The summed E-state index contributed by atoms with van der Waals surface area (Å²) in [6.07, 6.45) is 3.32. The van der Waals surface area contributed by atoms with E-state index in [0.717, 1.165) is 0 Å². The first-order valence-electron chi connectivity index (χ1n) is 10.9. The second kappa shape index (κ2) is 8.18. The molecule has 9 heteroatoms. The monoisotopic (exact) mass is 463 g/mol. The Morgan fingerprint density at radius 1 is 1.03 bits per heavy atom. The standard InChI is InChI=1S/C25H25N3O6/c1-14(29)26-15-4-7-17(8-5-15)28-13-25-11-10-19(34-25)21(22(25)24(28)31)23(30)27-16-6-9-18(32-2)20(12-16)33-3/h4-12,19,21-22H,13H2,1-3H3,(H,26,29)(H,27,30)/t19-,21+,22-,25-/m0/s1. The van der Waals surface area contributed by atoms with Gasteiger partial charge in [0.05, 0.1) is 38.7 Å². The third kappa shape index (κ3) is 3.49. The van der Waals surface area contributed by atoms with Gasteiger partial charge in [0.25, 0.3) is 0 Å². The third-order valence-corrected chi connectivity index (χ3v) is 6.55. The Morgan fingerprint density at radius 2 is 1.74 bits per heavy atom. The minimum absolute atomic E-state index is 0.161. The minimum Gasteiger partial charge on any atom is -0.493 e. The van der Waals surface area contributed by atoms with Gasteiger partial charge in [0.2, 0.25) is 17.7 Å². The molecule has 2 bridgehead atoms. The molecule has 4 atom stereocenters. The van der Waals surface area contributed by atoms with Crippen LogP contribution in [0.15, 0.2) is 54.6 Å². The molecule has 5 rings (SSSR count). The van der Waals surface area contributed by atoms with Crippen LogP contribution in [0.4, 0.5) is 17.1 Å².